The van der Waals surface area contributed by atoms with E-state index >= 15 is 0 Å². The second kappa shape index (κ2) is 5.05. The molecule has 5 nitrogen and oxygen atoms in total. The molecule has 0 unspecified atom stereocenters. The van der Waals surface area contributed by atoms with Crippen LogP contribution < -0.4 is 0 Å². The molecule has 0 aliphatic heterocycles. The predicted molar refractivity (Wildman–Crippen MR) is 79.8 cm³/mol. The molecule has 0 N–H and O–H groups in total. The van der Waals surface area contributed by atoms with Crippen LogP contribution in [0.3, 0.4) is 0 Å². The van der Waals surface area contributed by atoms with Crippen molar-refractivity contribution in [1.82, 2.24) is 9.78 Å². The molecule has 0 saturated heterocycles. The zero-order valence-electron chi connectivity index (χ0n) is 10.6. The molecule has 1 aromatic heterocycles. The number of benzene rings is 1. The molecule has 0 fully saturated rings. The molecule has 1 aromatic carbocycles. The third-order valence-electron chi connectivity index (χ3n) is 2.89. The number of hydrogen-bond donors (Lipinski definition) is 0. The van der Waals surface area contributed by atoms with Crippen LogP contribution >= 0.6 is 31.9 Å². The van der Waals surface area contributed by atoms with Gasteiger partial charge in [0.15, 0.2) is 0 Å². The van der Waals surface area contributed by atoms with E-state index < -0.39 is 0 Å². The summed E-state index contributed by atoms with van der Waals surface area (Å²) < 4.78 is 3.35. The van der Waals surface area contributed by atoms with E-state index in [1.807, 2.05) is 13.8 Å². The van der Waals surface area contributed by atoms with E-state index in [-0.39, 0.29) is 10.6 Å². The van der Waals surface area contributed by atoms with Gasteiger partial charge in [0.1, 0.15) is 0 Å². The van der Waals surface area contributed by atoms with Crippen LogP contribution in [0, 0.1) is 30.9 Å². The normalized spacial score (nSPS) is 10.8. The molecule has 0 spiro atoms. The Morgan fingerprint density at radius 3 is 2.37 bits per heavy atom. The Balaban J connectivity index is 2.67. The van der Waals surface area contributed by atoms with Crippen molar-refractivity contribution in [2.45, 2.75) is 20.8 Å². The lowest BCUT2D eigenvalue weighted by Crippen LogP contribution is -2.02. The predicted octanol–water partition coefficient (Wildman–Crippen LogP) is 4.23. The zero-order chi connectivity index (χ0) is 14.3. The van der Waals surface area contributed by atoms with Crippen molar-refractivity contribution >= 4 is 37.5 Å². The van der Waals surface area contributed by atoms with E-state index in [1.54, 1.807) is 17.7 Å². The van der Waals surface area contributed by atoms with Gasteiger partial charge in [-0.1, -0.05) is 0 Å². The lowest BCUT2D eigenvalue weighted by Gasteiger charge is -2.08. The van der Waals surface area contributed by atoms with Gasteiger partial charge in [-0.2, -0.15) is 5.10 Å². The first-order chi connectivity index (χ1) is 8.82. The minimum atomic E-state index is -0.388. The number of aryl methyl sites for hydroxylation is 2. The first-order valence-electron chi connectivity index (χ1n) is 5.49. The first-order valence-corrected chi connectivity index (χ1v) is 7.08. The lowest BCUT2D eigenvalue weighted by molar-refractivity contribution is -0.385. The Bertz CT molecular complexity index is 680. The molecule has 100 valence electrons. The Labute approximate surface area is 127 Å². The fourth-order valence-electron chi connectivity index (χ4n) is 1.87. The minimum Gasteiger partial charge on any atom is -0.258 e. The summed E-state index contributed by atoms with van der Waals surface area (Å²) in [5.74, 6) is 0. The SMILES string of the molecule is Cc1cc(-n2nc(C)c(Br)c2C)c(Br)cc1[N+](=O)[O-]. The summed E-state index contributed by atoms with van der Waals surface area (Å²) in [4.78, 5) is 10.5. The second-order valence-corrected chi connectivity index (χ2v) is 5.89. The Kier molecular flexibility index (Phi) is 3.78. The third-order valence-corrected chi connectivity index (χ3v) is 4.68. The van der Waals surface area contributed by atoms with Crippen molar-refractivity contribution in [3.63, 3.8) is 0 Å². The third kappa shape index (κ3) is 2.44. The highest BCUT2D eigenvalue weighted by molar-refractivity contribution is 9.11. The van der Waals surface area contributed by atoms with Crippen LogP contribution in [0.15, 0.2) is 21.1 Å². The highest BCUT2D eigenvalue weighted by Crippen LogP contribution is 2.32. The quantitative estimate of drug-likeness (QED) is 0.571. The Morgan fingerprint density at radius 2 is 1.89 bits per heavy atom. The summed E-state index contributed by atoms with van der Waals surface area (Å²) in [6, 6.07) is 3.27. The molecule has 7 heteroatoms. The lowest BCUT2D eigenvalue weighted by atomic mass is 10.2. The van der Waals surface area contributed by atoms with Crippen molar-refractivity contribution in [2.24, 2.45) is 0 Å². The fraction of sp³-hybridized carbons (Fsp3) is 0.250. The molecule has 2 rings (SSSR count). The topological polar surface area (TPSA) is 61.0 Å². The average molecular weight is 389 g/mol. The Hall–Kier alpha value is -1.21. The van der Waals surface area contributed by atoms with E-state index in [0.29, 0.717) is 10.0 Å². The van der Waals surface area contributed by atoms with Crippen molar-refractivity contribution < 1.29 is 4.92 Å². The monoisotopic (exact) mass is 387 g/mol. The average Bonchev–Trinajstić information content (AvgIpc) is 2.59. The van der Waals surface area contributed by atoms with Gasteiger partial charge in [0.25, 0.3) is 5.69 Å². The van der Waals surface area contributed by atoms with E-state index in [9.17, 15) is 10.1 Å². The summed E-state index contributed by atoms with van der Waals surface area (Å²) in [6.07, 6.45) is 0. The van der Waals surface area contributed by atoms with Gasteiger partial charge in [0, 0.05) is 11.6 Å². The van der Waals surface area contributed by atoms with Crippen LogP contribution in [0.25, 0.3) is 5.69 Å². The number of aromatic nitrogens is 2. The van der Waals surface area contributed by atoms with E-state index in [4.69, 9.17) is 0 Å². The summed E-state index contributed by atoms with van der Waals surface area (Å²) in [5, 5.41) is 15.3. The molecule has 0 saturated carbocycles. The van der Waals surface area contributed by atoms with Gasteiger partial charge in [0.05, 0.1) is 30.9 Å². The van der Waals surface area contributed by atoms with Crippen LogP contribution in [0.4, 0.5) is 5.69 Å². The number of rotatable bonds is 2. The second-order valence-electron chi connectivity index (χ2n) is 4.24. The first kappa shape index (κ1) is 14.2. The van der Waals surface area contributed by atoms with E-state index in [2.05, 4.69) is 37.0 Å². The maximum Gasteiger partial charge on any atom is 0.273 e. The highest BCUT2D eigenvalue weighted by Gasteiger charge is 2.18. The summed E-state index contributed by atoms with van der Waals surface area (Å²) in [5.41, 5.74) is 3.31. The smallest absolute Gasteiger partial charge is 0.258 e. The summed E-state index contributed by atoms with van der Waals surface area (Å²) in [6.45, 7) is 5.56. The van der Waals surface area contributed by atoms with Gasteiger partial charge in [-0.25, -0.2) is 4.68 Å². The maximum absolute atomic E-state index is 10.9. The van der Waals surface area contributed by atoms with Gasteiger partial charge in [-0.15, -0.1) is 0 Å². The van der Waals surface area contributed by atoms with Gasteiger partial charge in [-0.3, -0.25) is 10.1 Å². The number of nitrogens with zero attached hydrogens (tertiary/aromatic N) is 3. The van der Waals surface area contributed by atoms with Crippen LogP contribution in [-0.4, -0.2) is 14.7 Å². The van der Waals surface area contributed by atoms with Gasteiger partial charge >= 0.3 is 0 Å². The highest BCUT2D eigenvalue weighted by atomic mass is 79.9. The van der Waals surface area contributed by atoms with Crippen LogP contribution in [-0.2, 0) is 0 Å². The van der Waals surface area contributed by atoms with Gasteiger partial charge < -0.3 is 0 Å². The standard InChI is InChI=1S/C12H11Br2N3O2/c1-6-4-11(9(13)5-10(6)17(18)19)16-8(3)12(14)7(2)15-16/h4-5H,1-3H3. The molecular weight excluding hydrogens is 378 g/mol. The van der Waals surface area contributed by atoms with Crippen molar-refractivity contribution in [2.75, 3.05) is 0 Å². The molecule has 19 heavy (non-hydrogen) atoms. The zero-order valence-corrected chi connectivity index (χ0v) is 13.7. The number of hydrogen-bond acceptors (Lipinski definition) is 3. The van der Waals surface area contributed by atoms with Crippen LogP contribution in [0.1, 0.15) is 17.0 Å². The maximum atomic E-state index is 10.9. The molecule has 2 aromatic rings. The molecule has 1 heterocycles. The van der Waals surface area contributed by atoms with Crippen LogP contribution in [0.2, 0.25) is 0 Å². The Morgan fingerprint density at radius 1 is 1.26 bits per heavy atom. The van der Waals surface area contributed by atoms with Crippen molar-refractivity contribution in [3.05, 3.63) is 48.1 Å². The number of nitro groups is 1. The van der Waals surface area contributed by atoms with Gasteiger partial charge in [0.2, 0.25) is 0 Å². The molecule has 0 atom stereocenters. The molecular formula is C12H11Br2N3O2. The molecule has 0 aliphatic carbocycles. The van der Waals surface area contributed by atoms with E-state index in [0.717, 1.165) is 21.5 Å². The molecule has 0 bridgehead atoms. The largest absolute Gasteiger partial charge is 0.273 e. The van der Waals surface area contributed by atoms with Crippen molar-refractivity contribution in [1.29, 1.82) is 0 Å². The fourth-order valence-corrected chi connectivity index (χ4v) is 2.62. The summed E-state index contributed by atoms with van der Waals surface area (Å²) >= 11 is 6.84. The van der Waals surface area contributed by atoms with E-state index in [1.165, 1.54) is 6.07 Å². The van der Waals surface area contributed by atoms with Crippen molar-refractivity contribution in [3.8, 4) is 5.69 Å². The van der Waals surface area contributed by atoms with Gasteiger partial charge in [-0.05, 0) is 58.7 Å². The molecule has 0 aliphatic rings. The molecule has 0 amide bonds. The number of halogens is 2. The minimum absolute atomic E-state index is 0.0937. The van der Waals surface area contributed by atoms with Crippen LogP contribution in [0.5, 0.6) is 0 Å². The summed E-state index contributed by atoms with van der Waals surface area (Å²) in [7, 11) is 0. The molecule has 0 radical (unpaired) electrons. The number of nitro benzene ring substituents is 1.